The van der Waals surface area contributed by atoms with Crippen LogP contribution in [-0.2, 0) is 6.42 Å². The molecule has 5 nitrogen and oxygen atoms in total. The van der Waals surface area contributed by atoms with Crippen LogP contribution in [0.5, 0.6) is 0 Å². The molecule has 7 heteroatoms. The summed E-state index contributed by atoms with van der Waals surface area (Å²) in [6, 6.07) is 2.06. The number of aryl methyl sites for hydroxylation is 1. The van der Waals surface area contributed by atoms with Crippen LogP contribution in [0, 0.1) is 0 Å². The second-order valence-electron chi connectivity index (χ2n) is 3.82. The number of aliphatic hydroxyl groups is 2. The molecular weight excluding hydrogens is 270 g/mol. The van der Waals surface area contributed by atoms with Crippen LogP contribution >= 0.6 is 23.1 Å². The Hall–Kier alpha value is -0.890. The predicted octanol–water partition coefficient (Wildman–Crippen LogP) is 1.28. The molecule has 0 aliphatic rings. The van der Waals surface area contributed by atoms with Crippen LogP contribution in [-0.4, -0.2) is 38.6 Å². The minimum atomic E-state index is -0.745. The van der Waals surface area contributed by atoms with Crippen LogP contribution < -0.4 is 5.73 Å². The summed E-state index contributed by atoms with van der Waals surface area (Å²) in [5, 5.41) is 19.9. The third-order valence-corrected chi connectivity index (χ3v) is 4.71. The van der Waals surface area contributed by atoms with Gasteiger partial charge in [0.15, 0.2) is 0 Å². The van der Waals surface area contributed by atoms with Crippen molar-refractivity contribution in [3.63, 3.8) is 0 Å². The van der Waals surface area contributed by atoms with Gasteiger partial charge in [-0.25, -0.2) is 9.97 Å². The van der Waals surface area contributed by atoms with Gasteiger partial charge in [-0.15, -0.1) is 23.1 Å². The molecule has 0 saturated carbocycles. The van der Waals surface area contributed by atoms with E-state index in [-0.39, 0.29) is 12.6 Å². The van der Waals surface area contributed by atoms with Crippen molar-refractivity contribution in [1.82, 2.24) is 9.97 Å². The van der Waals surface area contributed by atoms with Crippen LogP contribution in [0.2, 0.25) is 0 Å². The van der Waals surface area contributed by atoms with Gasteiger partial charge in [0.1, 0.15) is 9.86 Å². The SMILES string of the molecule is CCc1cc2c(SCC(O)CO)nc(N)nc2s1. The van der Waals surface area contributed by atoms with Gasteiger partial charge >= 0.3 is 0 Å². The van der Waals surface area contributed by atoms with Crippen molar-refractivity contribution in [1.29, 1.82) is 0 Å². The Morgan fingerprint density at radius 3 is 2.94 bits per heavy atom. The molecule has 0 aromatic carbocycles. The predicted molar refractivity (Wildman–Crippen MR) is 75.0 cm³/mol. The lowest BCUT2D eigenvalue weighted by molar-refractivity contribution is 0.113. The molecular formula is C11H15N3O2S2. The lowest BCUT2D eigenvalue weighted by atomic mass is 10.3. The molecule has 0 spiro atoms. The second-order valence-corrected chi connectivity index (χ2v) is 5.94. The molecule has 0 fully saturated rings. The summed E-state index contributed by atoms with van der Waals surface area (Å²) in [7, 11) is 0. The number of nitrogen functional groups attached to an aromatic ring is 1. The number of rotatable bonds is 5. The Morgan fingerprint density at radius 1 is 1.50 bits per heavy atom. The molecule has 1 atom stereocenters. The first-order chi connectivity index (χ1) is 8.63. The summed E-state index contributed by atoms with van der Waals surface area (Å²) >= 11 is 3.00. The number of fused-ring (bicyclic) bond motifs is 1. The fraction of sp³-hybridized carbons (Fsp3) is 0.455. The summed E-state index contributed by atoms with van der Waals surface area (Å²) < 4.78 is 0. The van der Waals surface area contributed by atoms with Crippen molar-refractivity contribution in [2.75, 3.05) is 18.1 Å². The summed E-state index contributed by atoms with van der Waals surface area (Å²) in [6.07, 6.45) is 0.204. The number of aromatic nitrogens is 2. The molecule has 2 rings (SSSR count). The van der Waals surface area contributed by atoms with E-state index < -0.39 is 6.10 Å². The molecule has 1 unspecified atom stereocenters. The zero-order valence-electron chi connectivity index (χ0n) is 9.96. The molecule has 2 aromatic rings. The van der Waals surface area contributed by atoms with Gasteiger partial charge in [0.05, 0.1) is 12.7 Å². The molecule has 0 saturated heterocycles. The molecule has 2 heterocycles. The third kappa shape index (κ3) is 2.92. The second kappa shape index (κ2) is 5.83. The molecule has 0 amide bonds. The molecule has 4 N–H and O–H groups in total. The largest absolute Gasteiger partial charge is 0.394 e. The molecule has 0 aliphatic heterocycles. The smallest absolute Gasteiger partial charge is 0.222 e. The summed E-state index contributed by atoms with van der Waals surface area (Å²) in [5.74, 6) is 0.632. The van der Waals surface area contributed by atoms with Crippen molar-refractivity contribution in [3.05, 3.63) is 10.9 Å². The summed E-state index contributed by atoms with van der Waals surface area (Å²) in [6.45, 7) is 1.84. The Bertz CT molecular complexity index is 544. The topological polar surface area (TPSA) is 92.3 Å². The Morgan fingerprint density at radius 2 is 2.28 bits per heavy atom. The average molecular weight is 285 g/mol. The van der Waals surface area contributed by atoms with Crippen molar-refractivity contribution < 1.29 is 10.2 Å². The zero-order chi connectivity index (χ0) is 13.1. The normalized spacial score (nSPS) is 13.1. The van der Waals surface area contributed by atoms with Gasteiger partial charge in [-0.2, -0.15) is 0 Å². The van der Waals surface area contributed by atoms with Gasteiger partial charge in [-0.3, -0.25) is 0 Å². The lowest BCUT2D eigenvalue weighted by Crippen LogP contribution is -2.14. The van der Waals surface area contributed by atoms with E-state index in [0.29, 0.717) is 5.75 Å². The highest BCUT2D eigenvalue weighted by atomic mass is 32.2. The van der Waals surface area contributed by atoms with Gasteiger partial charge in [0.25, 0.3) is 0 Å². The highest BCUT2D eigenvalue weighted by molar-refractivity contribution is 7.99. The first-order valence-electron chi connectivity index (χ1n) is 5.61. The minimum absolute atomic E-state index is 0.244. The Labute approximate surface area is 113 Å². The van der Waals surface area contributed by atoms with Gasteiger partial charge in [-0.05, 0) is 12.5 Å². The summed E-state index contributed by atoms with van der Waals surface area (Å²) in [5.41, 5.74) is 5.67. The van der Waals surface area contributed by atoms with Crippen LogP contribution in [0.15, 0.2) is 11.1 Å². The van der Waals surface area contributed by atoms with Crippen molar-refractivity contribution in [3.8, 4) is 0 Å². The monoisotopic (exact) mass is 285 g/mol. The van der Waals surface area contributed by atoms with E-state index in [1.165, 1.54) is 16.6 Å². The fourth-order valence-corrected chi connectivity index (χ4v) is 3.44. The van der Waals surface area contributed by atoms with Gasteiger partial charge < -0.3 is 15.9 Å². The number of aliphatic hydroxyl groups excluding tert-OH is 2. The maximum Gasteiger partial charge on any atom is 0.222 e. The highest BCUT2D eigenvalue weighted by Crippen LogP contribution is 2.32. The van der Waals surface area contributed by atoms with Gasteiger partial charge in [0.2, 0.25) is 5.95 Å². The van der Waals surface area contributed by atoms with Crippen molar-refractivity contribution in [2.45, 2.75) is 24.5 Å². The van der Waals surface area contributed by atoms with E-state index >= 15 is 0 Å². The van der Waals surface area contributed by atoms with E-state index in [2.05, 4.69) is 23.0 Å². The number of thioether (sulfide) groups is 1. The maximum absolute atomic E-state index is 9.37. The van der Waals surface area contributed by atoms with E-state index in [1.807, 2.05) is 0 Å². The first-order valence-corrected chi connectivity index (χ1v) is 7.42. The Kier molecular flexibility index (Phi) is 4.39. The van der Waals surface area contributed by atoms with Crippen LogP contribution in [0.3, 0.4) is 0 Å². The van der Waals surface area contributed by atoms with Crippen LogP contribution in [0.4, 0.5) is 5.95 Å². The number of nitrogens with two attached hydrogens (primary N) is 1. The van der Waals surface area contributed by atoms with Gasteiger partial charge in [0, 0.05) is 16.0 Å². The number of hydrogen-bond acceptors (Lipinski definition) is 7. The van der Waals surface area contributed by atoms with Crippen molar-refractivity contribution in [2.24, 2.45) is 0 Å². The van der Waals surface area contributed by atoms with Gasteiger partial charge in [-0.1, -0.05) is 6.92 Å². The molecule has 0 aliphatic carbocycles. The number of hydrogen-bond donors (Lipinski definition) is 3. The van der Waals surface area contributed by atoms with Crippen molar-refractivity contribution >= 4 is 39.3 Å². The number of thiophene rings is 1. The van der Waals surface area contributed by atoms with Crippen LogP contribution in [0.1, 0.15) is 11.8 Å². The van der Waals surface area contributed by atoms with E-state index in [0.717, 1.165) is 21.7 Å². The molecule has 98 valence electrons. The number of anilines is 1. The first kappa shape index (κ1) is 13.5. The quantitative estimate of drug-likeness (QED) is 0.566. The highest BCUT2D eigenvalue weighted by Gasteiger charge is 2.12. The molecule has 2 aromatic heterocycles. The zero-order valence-corrected chi connectivity index (χ0v) is 11.6. The maximum atomic E-state index is 9.37. The number of nitrogens with zero attached hydrogens (tertiary/aromatic N) is 2. The molecule has 0 bridgehead atoms. The Balaban J connectivity index is 2.32. The molecule has 18 heavy (non-hydrogen) atoms. The standard InChI is InChI=1S/C11H15N3O2S2/c1-2-7-3-8-9(17-5-6(16)4-15)13-11(12)14-10(8)18-7/h3,6,15-16H,2,4-5H2,1H3,(H2,12,13,14). The average Bonchev–Trinajstić information content (AvgIpc) is 2.78. The summed E-state index contributed by atoms with van der Waals surface area (Å²) in [4.78, 5) is 10.5. The van der Waals surface area contributed by atoms with Crippen LogP contribution in [0.25, 0.3) is 10.2 Å². The van der Waals surface area contributed by atoms with E-state index in [1.54, 1.807) is 11.3 Å². The fourth-order valence-electron chi connectivity index (χ4n) is 1.47. The van der Waals surface area contributed by atoms with E-state index in [4.69, 9.17) is 10.8 Å². The molecule has 0 radical (unpaired) electrons. The van der Waals surface area contributed by atoms with E-state index in [9.17, 15) is 5.11 Å². The minimum Gasteiger partial charge on any atom is -0.394 e. The lowest BCUT2D eigenvalue weighted by Gasteiger charge is -2.06. The third-order valence-electron chi connectivity index (χ3n) is 2.40.